The van der Waals surface area contributed by atoms with Gasteiger partial charge in [0.25, 0.3) is 0 Å². The van der Waals surface area contributed by atoms with Crippen molar-refractivity contribution in [2.45, 2.75) is 50.1 Å². The minimum atomic E-state index is -0.503. The second-order valence-corrected chi connectivity index (χ2v) is 8.09. The number of hydrogen-bond acceptors (Lipinski definition) is 4. The molecule has 3 atom stereocenters. The zero-order valence-electron chi connectivity index (χ0n) is 16.8. The van der Waals surface area contributed by atoms with Crippen LogP contribution in [0.3, 0.4) is 0 Å². The highest BCUT2D eigenvalue weighted by molar-refractivity contribution is 5.81. The van der Waals surface area contributed by atoms with E-state index in [0.29, 0.717) is 6.54 Å². The van der Waals surface area contributed by atoms with E-state index >= 15 is 0 Å². The van der Waals surface area contributed by atoms with Crippen LogP contribution in [0.2, 0.25) is 0 Å². The summed E-state index contributed by atoms with van der Waals surface area (Å²) >= 11 is 0. The van der Waals surface area contributed by atoms with E-state index in [-0.39, 0.29) is 30.4 Å². The van der Waals surface area contributed by atoms with Crippen molar-refractivity contribution >= 4 is 5.91 Å². The van der Waals surface area contributed by atoms with Crippen LogP contribution in [-0.2, 0) is 4.79 Å². The fraction of sp³-hybridized carbons (Fsp3) is 0.565. The number of nitriles is 1. The highest BCUT2D eigenvalue weighted by atomic mass is 16.3. The minimum absolute atomic E-state index is 0.00828. The first-order valence-corrected chi connectivity index (χ1v) is 10.1. The van der Waals surface area contributed by atoms with Crippen LogP contribution in [0, 0.1) is 29.1 Å². The SMILES string of the molecule is CN(C)CC#Cc1ccc([C@H]2[C@@H](CO)N(C(=O)C3CCCCC3)[C@H]2C#N)cc1. The summed E-state index contributed by atoms with van der Waals surface area (Å²) in [5.74, 6) is 6.14. The predicted molar refractivity (Wildman–Crippen MR) is 108 cm³/mol. The van der Waals surface area contributed by atoms with E-state index in [1.54, 1.807) is 4.90 Å². The van der Waals surface area contributed by atoms with Crippen LogP contribution in [0.1, 0.15) is 49.1 Å². The van der Waals surface area contributed by atoms with Crippen molar-refractivity contribution in [1.29, 1.82) is 5.26 Å². The zero-order valence-corrected chi connectivity index (χ0v) is 16.8. The third-order valence-corrected chi connectivity index (χ3v) is 5.86. The Morgan fingerprint density at radius 1 is 1.21 bits per heavy atom. The summed E-state index contributed by atoms with van der Waals surface area (Å²) in [7, 11) is 3.96. The van der Waals surface area contributed by atoms with E-state index in [9.17, 15) is 15.2 Å². The molecule has 1 aromatic rings. The molecular weight excluding hydrogens is 350 g/mol. The van der Waals surface area contributed by atoms with Gasteiger partial charge in [-0.05, 0) is 44.6 Å². The first-order valence-electron chi connectivity index (χ1n) is 10.1. The van der Waals surface area contributed by atoms with Gasteiger partial charge in [0.05, 0.1) is 25.3 Å². The van der Waals surface area contributed by atoms with Crippen molar-refractivity contribution in [1.82, 2.24) is 9.80 Å². The number of carbonyl (C=O) groups excluding carboxylic acids is 1. The van der Waals surface area contributed by atoms with E-state index in [2.05, 4.69) is 17.9 Å². The number of benzene rings is 1. The first kappa shape index (κ1) is 20.4. The van der Waals surface area contributed by atoms with E-state index in [4.69, 9.17) is 0 Å². The number of aliphatic hydroxyl groups excluding tert-OH is 1. The van der Waals surface area contributed by atoms with Crippen LogP contribution in [0.15, 0.2) is 24.3 Å². The normalized spacial score (nSPS) is 24.8. The molecule has 2 aliphatic rings. The highest BCUT2D eigenvalue weighted by Gasteiger charge is 2.52. The van der Waals surface area contributed by atoms with Crippen molar-refractivity contribution in [2.24, 2.45) is 5.92 Å². The van der Waals surface area contributed by atoms with Gasteiger partial charge >= 0.3 is 0 Å². The molecule has 28 heavy (non-hydrogen) atoms. The smallest absolute Gasteiger partial charge is 0.227 e. The summed E-state index contributed by atoms with van der Waals surface area (Å²) in [5.41, 5.74) is 1.91. The molecule has 0 spiro atoms. The van der Waals surface area contributed by atoms with Crippen LogP contribution in [0.5, 0.6) is 0 Å². The second kappa shape index (κ2) is 9.24. The second-order valence-electron chi connectivity index (χ2n) is 8.09. The lowest BCUT2D eigenvalue weighted by Gasteiger charge is -2.52. The van der Waals surface area contributed by atoms with Gasteiger partial charge < -0.3 is 10.0 Å². The largest absolute Gasteiger partial charge is 0.394 e. The fourth-order valence-corrected chi connectivity index (χ4v) is 4.36. The monoisotopic (exact) mass is 379 g/mol. The Balaban J connectivity index is 1.73. The number of rotatable bonds is 4. The lowest BCUT2D eigenvalue weighted by molar-refractivity contribution is -0.152. The van der Waals surface area contributed by atoms with Gasteiger partial charge in [-0.25, -0.2) is 0 Å². The average molecular weight is 380 g/mol. The third kappa shape index (κ3) is 4.22. The van der Waals surface area contributed by atoms with Crippen molar-refractivity contribution in [3.8, 4) is 17.9 Å². The van der Waals surface area contributed by atoms with Crippen molar-refractivity contribution in [3.63, 3.8) is 0 Å². The van der Waals surface area contributed by atoms with Crippen molar-refractivity contribution in [2.75, 3.05) is 27.2 Å². The number of likely N-dealkylation sites (tertiary alicyclic amines) is 1. The Bertz CT molecular complexity index is 779. The summed E-state index contributed by atoms with van der Waals surface area (Å²) in [5, 5.41) is 19.7. The van der Waals surface area contributed by atoms with E-state index < -0.39 is 6.04 Å². The molecule has 5 nitrogen and oxygen atoms in total. The lowest BCUT2D eigenvalue weighted by Crippen LogP contribution is -2.66. The highest BCUT2D eigenvalue weighted by Crippen LogP contribution is 2.42. The summed E-state index contributed by atoms with van der Waals surface area (Å²) in [4.78, 5) is 16.6. The van der Waals surface area contributed by atoms with E-state index in [1.165, 1.54) is 6.42 Å². The van der Waals surface area contributed by atoms with Gasteiger partial charge in [0, 0.05) is 17.4 Å². The Kier molecular flexibility index (Phi) is 6.73. The van der Waals surface area contributed by atoms with Gasteiger partial charge in [-0.15, -0.1) is 0 Å². The maximum absolute atomic E-state index is 13.0. The maximum Gasteiger partial charge on any atom is 0.227 e. The molecule has 1 N–H and O–H groups in total. The Morgan fingerprint density at radius 3 is 2.46 bits per heavy atom. The number of nitrogens with zero attached hydrogens (tertiary/aromatic N) is 3. The van der Waals surface area contributed by atoms with Gasteiger partial charge in [0.2, 0.25) is 5.91 Å². The quantitative estimate of drug-likeness (QED) is 0.816. The van der Waals surface area contributed by atoms with Crippen LogP contribution in [0.4, 0.5) is 0 Å². The topological polar surface area (TPSA) is 67.6 Å². The summed E-state index contributed by atoms with van der Waals surface area (Å²) in [6, 6.07) is 9.33. The van der Waals surface area contributed by atoms with Crippen LogP contribution >= 0.6 is 0 Å². The van der Waals surface area contributed by atoms with Gasteiger partial charge in [0.1, 0.15) is 6.04 Å². The van der Waals surface area contributed by atoms with Crippen LogP contribution in [0.25, 0.3) is 0 Å². The van der Waals surface area contributed by atoms with Gasteiger partial charge in [0.15, 0.2) is 0 Å². The molecule has 1 aromatic carbocycles. The molecule has 0 radical (unpaired) electrons. The third-order valence-electron chi connectivity index (χ3n) is 5.86. The van der Waals surface area contributed by atoms with Crippen LogP contribution < -0.4 is 0 Å². The molecule has 148 valence electrons. The van der Waals surface area contributed by atoms with Gasteiger partial charge in [-0.3, -0.25) is 9.69 Å². The zero-order chi connectivity index (χ0) is 20.1. The standard InChI is InChI=1S/C23H29N3O2/c1-25(2)14-6-7-17-10-12-18(13-11-17)22-20(15-24)26(21(22)16-27)23(28)19-8-4-3-5-9-19/h10-13,19-22,27H,3-5,8-9,14,16H2,1-2H3/t20-,21+,22+/m0/s1. The fourth-order valence-electron chi connectivity index (χ4n) is 4.36. The summed E-state index contributed by atoms with van der Waals surface area (Å²) in [6.45, 7) is 0.581. The summed E-state index contributed by atoms with van der Waals surface area (Å²) < 4.78 is 0. The molecule has 0 unspecified atom stereocenters. The molecule has 0 aromatic heterocycles. The Hall–Kier alpha value is -2.34. The molecule has 2 fully saturated rings. The molecule has 0 bridgehead atoms. The van der Waals surface area contributed by atoms with Crippen molar-refractivity contribution in [3.05, 3.63) is 35.4 Å². The molecule has 1 saturated carbocycles. The number of amides is 1. The molecular formula is C23H29N3O2. The molecule has 1 heterocycles. The summed E-state index contributed by atoms with van der Waals surface area (Å²) in [6.07, 6.45) is 5.13. The first-order chi connectivity index (χ1) is 13.6. The number of hydrogen-bond donors (Lipinski definition) is 1. The minimum Gasteiger partial charge on any atom is -0.394 e. The molecule has 1 amide bonds. The van der Waals surface area contributed by atoms with Crippen LogP contribution in [-0.4, -0.2) is 60.1 Å². The number of carbonyl (C=O) groups is 1. The molecule has 1 saturated heterocycles. The number of aliphatic hydroxyl groups is 1. The molecule has 1 aliphatic heterocycles. The average Bonchev–Trinajstić information content (AvgIpc) is 2.69. The van der Waals surface area contributed by atoms with E-state index in [1.807, 2.05) is 43.3 Å². The lowest BCUT2D eigenvalue weighted by atomic mass is 9.74. The maximum atomic E-state index is 13.0. The molecule has 3 rings (SSSR count). The van der Waals surface area contributed by atoms with Crippen molar-refractivity contribution < 1.29 is 9.90 Å². The Labute approximate surface area is 167 Å². The predicted octanol–water partition coefficient (Wildman–Crippen LogP) is 2.36. The Morgan fingerprint density at radius 2 is 1.89 bits per heavy atom. The van der Waals surface area contributed by atoms with E-state index in [0.717, 1.165) is 36.8 Å². The van der Waals surface area contributed by atoms with Gasteiger partial charge in [-0.2, -0.15) is 5.26 Å². The molecule has 5 heteroatoms. The molecule has 1 aliphatic carbocycles. The van der Waals surface area contributed by atoms with Gasteiger partial charge in [-0.1, -0.05) is 43.2 Å².